The molecule has 0 heterocycles. The van der Waals surface area contributed by atoms with Gasteiger partial charge < -0.3 is 0 Å². The molecule has 12 unspecified atom stereocenters. The SMILES string of the molecule is C.C.C1=CC2C(C1)C1CC2C2C3CCC(C3)C12.C1=CC2C3CCC(C3)C2C1.CC.CC. The second-order valence-corrected chi connectivity index (χ2v) is 11.2. The van der Waals surface area contributed by atoms with E-state index in [0.29, 0.717) is 0 Å². The molecule has 0 amide bonds. The third-order valence-electron chi connectivity index (χ3n) is 10.8. The van der Waals surface area contributed by atoms with Crippen molar-refractivity contribution in [2.45, 2.75) is 100 Å². The Morgan fingerprint density at radius 3 is 1.68 bits per heavy atom. The van der Waals surface area contributed by atoms with Crippen molar-refractivity contribution in [3.05, 3.63) is 24.3 Å². The van der Waals surface area contributed by atoms with Crippen molar-refractivity contribution in [3.8, 4) is 0 Å². The summed E-state index contributed by atoms with van der Waals surface area (Å²) in [4.78, 5) is 0. The predicted octanol–water partition coefficient (Wildman–Crippen LogP) is 9.42. The van der Waals surface area contributed by atoms with E-state index in [9.17, 15) is 0 Å². The third-order valence-corrected chi connectivity index (χ3v) is 10.8. The van der Waals surface area contributed by atoms with Gasteiger partial charge >= 0.3 is 0 Å². The summed E-state index contributed by atoms with van der Waals surface area (Å²) in [7, 11) is 0. The molecule has 0 N–H and O–H groups in total. The summed E-state index contributed by atoms with van der Waals surface area (Å²) in [6, 6.07) is 0. The van der Waals surface area contributed by atoms with E-state index < -0.39 is 0 Å². The van der Waals surface area contributed by atoms with Gasteiger partial charge in [-0.2, -0.15) is 0 Å². The van der Waals surface area contributed by atoms with Crippen molar-refractivity contribution in [2.24, 2.45) is 71.0 Å². The van der Waals surface area contributed by atoms with Crippen LogP contribution in [0.1, 0.15) is 100 Å². The van der Waals surface area contributed by atoms with Crippen molar-refractivity contribution in [1.29, 1.82) is 0 Å². The van der Waals surface area contributed by atoms with Crippen LogP contribution in [-0.4, -0.2) is 0 Å². The van der Waals surface area contributed by atoms with E-state index in [2.05, 4.69) is 24.3 Å². The molecule has 6 bridgehead atoms. The lowest BCUT2D eigenvalue weighted by molar-refractivity contribution is 0.0823. The molecule has 0 aliphatic heterocycles. The fraction of sp³-hybridized carbons (Fsp3) is 0.871. The molecule has 0 aromatic carbocycles. The Morgan fingerprint density at radius 2 is 1.00 bits per heavy atom. The zero-order valence-electron chi connectivity index (χ0n) is 19.6. The largest absolute Gasteiger partial charge is 0.0879 e. The molecule has 0 aromatic heterocycles. The number of rotatable bonds is 0. The van der Waals surface area contributed by atoms with Crippen molar-refractivity contribution >= 4 is 0 Å². The minimum atomic E-state index is 0. The third kappa shape index (κ3) is 3.71. The molecular weight excluding hydrogens is 372 g/mol. The second kappa shape index (κ2) is 10.2. The highest BCUT2D eigenvalue weighted by molar-refractivity contribution is 5.20. The first-order valence-electron chi connectivity index (χ1n) is 13.7. The lowest BCUT2D eigenvalue weighted by Crippen LogP contribution is -2.36. The van der Waals surface area contributed by atoms with Crippen LogP contribution in [-0.2, 0) is 0 Å². The van der Waals surface area contributed by atoms with E-state index in [0.717, 1.165) is 47.3 Å². The van der Waals surface area contributed by atoms with Crippen molar-refractivity contribution in [1.82, 2.24) is 0 Å². The molecule has 8 rings (SSSR count). The van der Waals surface area contributed by atoms with Gasteiger partial charge in [0, 0.05) is 0 Å². The average Bonchev–Trinajstić information content (AvgIpc) is 3.63. The lowest BCUT2D eigenvalue weighted by Gasteiger charge is -2.40. The van der Waals surface area contributed by atoms with Crippen LogP contribution in [0.3, 0.4) is 0 Å². The van der Waals surface area contributed by atoms with E-state index >= 15 is 0 Å². The minimum absolute atomic E-state index is 0. The lowest BCUT2D eigenvalue weighted by atomic mass is 9.64. The normalized spacial score (nSPS) is 51.2. The van der Waals surface area contributed by atoms with Gasteiger partial charge in [-0.25, -0.2) is 0 Å². The van der Waals surface area contributed by atoms with Gasteiger partial charge in [0.2, 0.25) is 0 Å². The molecule has 6 saturated carbocycles. The fourth-order valence-electron chi connectivity index (χ4n) is 10.3. The first kappa shape index (κ1) is 25.1. The molecule has 8 aliphatic rings. The first-order chi connectivity index (χ1) is 14.4. The number of hydrogen-bond acceptors (Lipinski definition) is 0. The molecule has 0 aromatic rings. The van der Waals surface area contributed by atoms with Crippen LogP contribution in [0.5, 0.6) is 0 Å². The van der Waals surface area contributed by atoms with E-state index in [1.807, 2.05) is 27.7 Å². The van der Waals surface area contributed by atoms with Crippen LogP contribution in [0.4, 0.5) is 0 Å². The molecule has 8 aliphatic carbocycles. The monoisotopic (exact) mass is 426 g/mol. The molecule has 0 heteroatoms. The van der Waals surface area contributed by atoms with Crippen molar-refractivity contribution < 1.29 is 0 Å². The predicted molar refractivity (Wildman–Crippen MR) is 138 cm³/mol. The Balaban J connectivity index is 0.000000151. The van der Waals surface area contributed by atoms with Gasteiger partial charge in [-0.15, -0.1) is 0 Å². The quantitative estimate of drug-likeness (QED) is 0.267. The van der Waals surface area contributed by atoms with Gasteiger partial charge in [0.05, 0.1) is 0 Å². The molecule has 178 valence electrons. The highest BCUT2D eigenvalue weighted by Crippen LogP contribution is 2.71. The maximum absolute atomic E-state index is 2.59. The second-order valence-electron chi connectivity index (χ2n) is 11.2. The van der Waals surface area contributed by atoms with Crippen LogP contribution in [0.2, 0.25) is 0 Å². The summed E-state index contributed by atoms with van der Waals surface area (Å²) in [5.41, 5.74) is 0. The minimum Gasteiger partial charge on any atom is -0.0879 e. The van der Waals surface area contributed by atoms with Crippen LogP contribution in [0.25, 0.3) is 0 Å². The summed E-state index contributed by atoms with van der Waals surface area (Å²) in [6.45, 7) is 8.00. The molecule has 0 spiro atoms. The number of allylic oxidation sites excluding steroid dienone is 4. The first-order valence-corrected chi connectivity index (χ1v) is 13.7. The topological polar surface area (TPSA) is 0 Å². The molecular formula is C31H54. The van der Waals surface area contributed by atoms with Crippen molar-refractivity contribution in [3.63, 3.8) is 0 Å². The van der Waals surface area contributed by atoms with E-state index in [4.69, 9.17) is 0 Å². The number of fused-ring (bicyclic) bond motifs is 17. The van der Waals surface area contributed by atoms with Crippen LogP contribution in [0.15, 0.2) is 24.3 Å². The summed E-state index contributed by atoms with van der Waals surface area (Å²) in [6.07, 6.45) is 24.0. The molecule has 31 heavy (non-hydrogen) atoms. The van der Waals surface area contributed by atoms with Gasteiger partial charge in [-0.3, -0.25) is 0 Å². The van der Waals surface area contributed by atoms with E-state index in [1.54, 1.807) is 38.5 Å². The maximum Gasteiger partial charge on any atom is -0.0168 e. The zero-order chi connectivity index (χ0) is 20.1. The molecule has 12 atom stereocenters. The average molecular weight is 427 g/mol. The Labute approximate surface area is 195 Å². The highest BCUT2D eigenvalue weighted by Gasteiger charge is 2.65. The summed E-state index contributed by atoms with van der Waals surface area (Å²) >= 11 is 0. The smallest absolute Gasteiger partial charge is 0.0168 e. The Kier molecular flexibility index (Phi) is 8.24. The zero-order valence-corrected chi connectivity index (χ0v) is 19.6. The molecule has 0 nitrogen and oxygen atoms in total. The fourth-order valence-corrected chi connectivity index (χ4v) is 10.3. The summed E-state index contributed by atoms with van der Waals surface area (Å²) in [5.74, 6) is 13.5. The van der Waals surface area contributed by atoms with Gasteiger partial charge in [0.15, 0.2) is 0 Å². The van der Waals surface area contributed by atoms with Gasteiger partial charge in [-0.1, -0.05) is 66.9 Å². The number of hydrogen-bond donors (Lipinski definition) is 0. The van der Waals surface area contributed by atoms with Gasteiger partial charge in [0.1, 0.15) is 0 Å². The highest BCUT2D eigenvalue weighted by atomic mass is 14.7. The molecule has 0 saturated heterocycles. The van der Waals surface area contributed by atoms with E-state index in [-0.39, 0.29) is 14.9 Å². The van der Waals surface area contributed by atoms with Crippen LogP contribution in [0, 0.1) is 71.0 Å². The molecule has 6 fully saturated rings. The molecule has 0 radical (unpaired) electrons. The van der Waals surface area contributed by atoms with E-state index in [1.165, 1.54) is 42.9 Å². The standard InChI is InChI=1S/C15H20.C10H14.2C2H6.2CH4/c1-2-10-11(3-1)13-7-12(10)14-8-4-5-9(6-8)15(13)14;1-2-9-7-4-5-8(6-7)10(9)3-1;2*1-2;;/h1-2,8-15H,3-7H2;1-2,7-10H,3-6H2;2*1-2H3;2*1H4. The van der Waals surface area contributed by atoms with Gasteiger partial charge in [-0.05, 0) is 129 Å². The summed E-state index contributed by atoms with van der Waals surface area (Å²) < 4.78 is 0. The van der Waals surface area contributed by atoms with Crippen LogP contribution >= 0.6 is 0 Å². The Bertz CT molecular complexity index is 628. The van der Waals surface area contributed by atoms with Crippen molar-refractivity contribution in [2.75, 3.05) is 0 Å². The van der Waals surface area contributed by atoms with Crippen LogP contribution < -0.4 is 0 Å². The summed E-state index contributed by atoms with van der Waals surface area (Å²) in [5, 5.41) is 0. The maximum atomic E-state index is 2.59. The Morgan fingerprint density at radius 1 is 0.484 bits per heavy atom. The van der Waals surface area contributed by atoms with Gasteiger partial charge in [0.25, 0.3) is 0 Å². The Hall–Kier alpha value is -0.520.